The van der Waals surface area contributed by atoms with E-state index in [9.17, 15) is 5.26 Å². The predicted octanol–water partition coefficient (Wildman–Crippen LogP) is 8.80. The van der Waals surface area contributed by atoms with Gasteiger partial charge in [-0.1, -0.05) is 121 Å². The van der Waals surface area contributed by atoms with Crippen molar-refractivity contribution in [2.45, 2.75) is 0 Å². The van der Waals surface area contributed by atoms with Gasteiger partial charge in [0.05, 0.1) is 35.8 Å². The highest BCUT2D eigenvalue weighted by Gasteiger charge is 2.42. The van der Waals surface area contributed by atoms with Gasteiger partial charge in [0.1, 0.15) is 0 Å². The van der Waals surface area contributed by atoms with Crippen LogP contribution in [0.1, 0.15) is 5.56 Å². The van der Waals surface area contributed by atoms with Crippen LogP contribution in [0, 0.1) is 24.5 Å². The monoisotopic (exact) mass is 652 g/mol. The summed E-state index contributed by atoms with van der Waals surface area (Å²) in [6, 6.07) is 60.1. The van der Waals surface area contributed by atoms with Crippen molar-refractivity contribution in [3.8, 4) is 22.9 Å². The van der Waals surface area contributed by atoms with Crippen LogP contribution >= 0.6 is 0 Å². The van der Waals surface area contributed by atoms with E-state index in [0.717, 1.165) is 43.8 Å². The van der Waals surface area contributed by atoms with Crippen molar-refractivity contribution in [1.82, 2.24) is 4.57 Å². The predicted molar refractivity (Wildman–Crippen MR) is 207 cm³/mol. The van der Waals surface area contributed by atoms with Crippen molar-refractivity contribution in [2.75, 3.05) is 0 Å². The van der Waals surface area contributed by atoms with Gasteiger partial charge in [0.15, 0.2) is 19.4 Å². The molecule has 0 unspecified atom stereocenters. The summed E-state index contributed by atoms with van der Waals surface area (Å²) in [4.78, 5) is 8.08. The molecule has 4 nitrogen and oxygen atoms in total. The summed E-state index contributed by atoms with van der Waals surface area (Å²) in [6.07, 6.45) is 0. The molecule has 8 aromatic rings. The smallest absolute Gasteiger partial charge is 0.189 e. The molecule has 0 atom stereocenters. The molecule has 5 heteroatoms. The van der Waals surface area contributed by atoms with Gasteiger partial charge in [-0.2, -0.15) is 5.26 Å². The van der Waals surface area contributed by atoms with E-state index in [-0.39, 0.29) is 0 Å². The molecule has 1 aromatic heterocycles. The number of para-hydroxylation sites is 1. The highest BCUT2D eigenvalue weighted by atomic mass is 28.3. The molecule has 0 fully saturated rings. The first-order chi connectivity index (χ1) is 24.6. The second-order valence-corrected chi connectivity index (χ2v) is 16.0. The average molecular weight is 653 g/mol. The minimum atomic E-state index is -2.92. The highest BCUT2D eigenvalue weighted by molar-refractivity contribution is 7.20. The van der Waals surface area contributed by atoms with E-state index in [1.807, 2.05) is 66.7 Å². The second-order valence-electron chi connectivity index (χ2n) is 12.2. The fraction of sp³-hybridized carbons (Fsp3) is 0. The van der Waals surface area contributed by atoms with Crippen LogP contribution in [0.5, 0.6) is 0 Å². The molecule has 0 radical (unpaired) electrons. The topological polar surface area (TPSA) is 37.4 Å². The zero-order chi connectivity index (χ0) is 34.1. The van der Waals surface area contributed by atoms with E-state index >= 15 is 0 Å². The molecule has 1 heterocycles. The van der Waals surface area contributed by atoms with Gasteiger partial charge >= 0.3 is 0 Å². The van der Waals surface area contributed by atoms with E-state index in [1.165, 1.54) is 15.6 Å². The third kappa shape index (κ3) is 4.88. The number of fused-ring (bicyclic) bond motifs is 3. The van der Waals surface area contributed by atoms with E-state index in [1.54, 1.807) is 0 Å². The Morgan fingerprint density at radius 2 is 1.12 bits per heavy atom. The van der Waals surface area contributed by atoms with Crippen molar-refractivity contribution < 1.29 is 0 Å². The fourth-order valence-corrected chi connectivity index (χ4v) is 12.3. The van der Waals surface area contributed by atoms with Crippen LogP contribution < -0.4 is 20.7 Å². The minimum absolute atomic E-state index is 0.507. The van der Waals surface area contributed by atoms with Gasteiger partial charge < -0.3 is 4.57 Å². The van der Waals surface area contributed by atoms with Gasteiger partial charge in [0.2, 0.25) is 0 Å². The van der Waals surface area contributed by atoms with Gasteiger partial charge in [-0.15, -0.1) is 0 Å². The third-order valence-electron chi connectivity index (χ3n) is 9.57. The number of benzene rings is 7. The summed E-state index contributed by atoms with van der Waals surface area (Å²) < 4.78 is 2.16. The molecule has 0 spiro atoms. The standard InChI is InChI=1S/C45H28N4Si/c1-47-35-27-34(28-36(30-35)49-43-21-13-12-20-40(43)41-26-32(31-46)22-24-44(41)49)33-23-25-45(42(29-33)48-2)50(37-14-6-3-7-15-37,38-16-8-4-9-17-38)39-18-10-5-11-19-39/h3-30H. The van der Waals surface area contributed by atoms with Gasteiger partial charge in [-0.25, -0.2) is 9.69 Å². The summed E-state index contributed by atoms with van der Waals surface area (Å²) >= 11 is 0. The minimum Gasteiger partial charge on any atom is -0.310 e. The Kier molecular flexibility index (Phi) is 7.63. The lowest BCUT2D eigenvalue weighted by Crippen LogP contribution is -2.74. The van der Waals surface area contributed by atoms with Crippen molar-refractivity contribution in [3.05, 3.63) is 198 Å². The number of nitriles is 1. The zero-order valence-electron chi connectivity index (χ0n) is 27.0. The average Bonchev–Trinajstić information content (AvgIpc) is 3.53. The summed E-state index contributed by atoms with van der Waals surface area (Å²) in [7, 11) is -2.92. The lowest BCUT2D eigenvalue weighted by atomic mass is 10.0. The van der Waals surface area contributed by atoms with Crippen LogP contribution in [-0.2, 0) is 0 Å². The largest absolute Gasteiger partial charge is 0.310 e. The first-order valence-electron chi connectivity index (χ1n) is 16.3. The normalized spacial score (nSPS) is 11.1. The first-order valence-corrected chi connectivity index (χ1v) is 18.3. The molecule has 0 aliphatic rings. The van der Waals surface area contributed by atoms with Crippen molar-refractivity contribution in [2.24, 2.45) is 0 Å². The molecule has 0 bridgehead atoms. The van der Waals surface area contributed by atoms with E-state index < -0.39 is 8.07 Å². The molecule has 0 amide bonds. The van der Waals surface area contributed by atoms with Crippen molar-refractivity contribution in [1.29, 1.82) is 5.26 Å². The Balaban J connectivity index is 1.36. The van der Waals surface area contributed by atoms with Crippen LogP contribution in [0.4, 0.5) is 11.4 Å². The maximum atomic E-state index is 9.62. The SMILES string of the molecule is [C-]#[N+]c1cc(-c2ccc([Si](c3ccccc3)(c3ccccc3)c3ccccc3)c([N+]#[C-])c2)cc(-n2c3ccccc3c3cc(C#N)ccc32)c1. The van der Waals surface area contributed by atoms with Gasteiger partial charge in [0, 0.05) is 16.5 Å². The molecule has 0 aliphatic heterocycles. The molecule has 7 aromatic carbocycles. The van der Waals surface area contributed by atoms with Crippen LogP contribution in [0.15, 0.2) is 170 Å². The third-order valence-corrected chi connectivity index (χ3v) is 14.4. The van der Waals surface area contributed by atoms with Crippen LogP contribution in [0.3, 0.4) is 0 Å². The molecular formula is C45H28N4Si. The first kappa shape index (κ1) is 30.4. The molecule has 8 rings (SSSR count). The quantitative estimate of drug-likeness (QED) is 0.101. The maximum Gasteiger partial charge on any atom is 0.189 e. The number of hydrogen-bond acceptors (Lipinski definition) is 1. The number of nitrogens with zero attached hydrogens (tertiary/aromatic N) is 4. The van der Waals surface area contributed by atoms with Crippen molar-refractivity contribution in [3.63, 3.8) is 0 Å². The molecule has 0 saturated carbocycles. The molecular weight excluding hydrogens is 625 g/mol. The van der Waals surface area contributed by atoms with Gasteiger partial charge in [-0.3, -0.25) is 0 Å². The molecule has 0 N–H and O–H groups in total. The lowest BCUT2D eigenvalue weighted by Gasteiger charge is -2.35. The Hall–Kier alpha value is -6.97. The van der Waals surface area contributed by atoms with Gasteiger partial charge in [0.25, 0.3) is 0 Å². The van der Waals surface area contributed by atoms with Crippen molar-refractivity contribution >= 4 is 62.0 Å². The lowest BCUT2D eigenvalue weighted by molar-refractivity contribution is 1.18. The zero-order valence-corrected chi connectivity index (χ0v) is 28.0. The number of aromatic nitrogens is 1. The molecule has 0 aliphatic carbocycles. The Morgan fingerprint density at radius 3 is 1.72 bits per heavy atom. The summed E-state index contributed by atoms with van der Waals surface area (Å²) in [5, 5.41) is 16.3. The number of hydrogen-bond donors (Lipinski definition) is 0. The second kappa shape index (κ2) is 12.6. The fourth-order valence-electron chi connectivity index (χ4n) is 7.43. The Morgan fingerprint density at radius 1 is 0.520 bits per heavy atom. The molecule has 50 heavy (non-hydrogen) atoms. The molecule has 232 valence electrons. The summed E-state index contributed by atoms with van der Waals surface area (Å²) in [5.41, 5.74) is 6.23. The summed E-state index contributed by atoms with van der Waals surface area (Å²) in [6.45, 7) is 16.6. The van der Waals surface area contributed by atoms with Crippen LogP contribution in [0.2, 0.25) is 0 Å². The van der Waals surface area contributed by atoms with Crippen LogP contribution in [0.25, 0.3) is 48.3 Å². The van der Waals surface area contributed by atoms with E-state index in [4.69, 9.17) is 13.1 Å². The van der Waals surface area contributed by atoms with E-state index in [2.05, 4.69) is 123 Å². The maximum absolute atomic E-state index is 9.62. The highest BCUT2D eigenvalue weighted by Crippen LogP contribution is 2.36. The Labute approximate surface area is 292 Å². The number of rotatable bonds is 6. The molecule has 0 saturated heterocycles. The van der Waals surface area contributed by atoms with E-state index in [0.29, 0.717) is 16.9 Å². The van der Waals surface area contributed by atoms with Crippen LogP contribution in [-0.4, -0.2) is 12.6 Å². The van der Waals surface area contributed by atoms with Gasteiger partial charge in [-0.05, 0) is 80.4 Å². The Bertz CT molecular complexity index is 2580. The summed E-state index contributed by atoms with van der Waals surface area (Å²) in [5.74, 6) is 0.